The number of rotatable bonds is 2. The number of aromatic nitrogens is 1. The van der Waals surface area contributed by atoms with Crippen molar-refractivity contribution in [2.24, 2.45) is 0 Å². The van der Waals surface area contributed by atoms with Crippen molar-refractivity contribution in [3.63, 3.8) is 0 Å². The fourth-order valence-electron chi connectivity index (χ4n) is 2.00. The van der Waals surface area contributed by atoms with Crippen LogP contribution in [-0.4, -0.2) is 36.4 Å². The molecule has 1 aromatic rings. The lowest BCUT2D eigenvalue weighted by Gasteiger charge is -2.25. The number of hydrogen-bond acceptors (Lipinski definition) is 4. The van der Waals surface area contributed by atoms with Gasteiger partial charge in [-0.2, -0.15) is 0 Å². The van der Waals surface area contributed by atoms with Gasteiger partial charge in [-0.25, -0.2) is 4.98 Å². The Kier molecular flexibility index (Phi) is 2.92. The molecule has 0 fully saturated rings. The molecule has 86 valence electrons. The molecule has 1 aromatic heterocycles. The Morgan fingerprint density at radius 2 is 2.31 bits per heavy atom. The van der Waals surface area contributed by atoms with Crippen LogP contribution < -0.4 is 4.74 Å². The zero-order valence-electron chi connectivity index (χ0n) is 9.91. The number of fused-ring (bicyclic) bond motifs is 1. The minimum absolute atomic E-state index is 0.000349. The molecule has 0 spiro atoms. The van der Waals surface area contributed by atoms with Crippen molar-refractivity contribution >= 4 is 5.78 Å². The Balaban J connectivity index is 2.48. The van der Waals surface area contributed by atoms with E-state index in [4.69, 9.17) is 4.74 Å². The molecular weight excluding hydrogens is 204 g/mol. The minimum Gasteiger partial charge on any atom is -0.480 e. The third kappa shape index (κ3) is 1.93. The number of Topliss-reactive ketones (excluding diaryl/α,β-unsaturated/α-hetero) is 1. The Morgan fingerprint density at radius 3 is 2.94 bits per heavy atom. The second-order valence-corrected chi connectivity index (χ2v) is 4.19. The van der Waals surface area contributed by atoms with Gasteiger partial charge in [-0.3, -0.25) is 4.79 Å². The predicted molar refractivity (Wildman–Crippen MR) is 60.8 cm³/mol. The molecule has 16 heavy (non-hydrogen) atoms. The van der Waals surface area contributed by atoms with E-state index in [1.165, 1.54) is 0 Å². The lowest BCUT2D eigenvalue weighted by molar-refractivity contribution is 0.101. The molecular formula is C12H16N2O2. The molecule has 0 unspecified atom stereocenters. The number of carbonyl (C=O) groups is 1. The van der Waals surface area contributed by atoms with Crippen LogP contribution in [0.4, 0.5) is 0 Å². The first-order valence-electron chi connectivity index (χ1n) is 5.38. The van der Waals surface area contributed by atoms with E-state index in [0.717, 1.165) is 30.8 Å². The normalized spacial score (nSPS) is 15.7. The second kappa shape index (κ2) is 4.22. The molecule has 1 aliphatic rings. The largest absolute Gasteiger partial charge is 0.480 e. The molecule has 0 saturated heterocycles. The zero-order chi connectivity index (χ0) is 11.7. The number of methoxy groups -OCH3 is 1. The van der Waals surface area contributed by atoms with E-state index < -0.39 is 0 Å². The lowest BCUT2D eigenvalue weighted by atomic mass is 10.0. The average molecular weight is 220 g/mol. The number of pyridine rings is 1. The van der Waals surface area contributed by atoms with Crippen molar-refractivity contribution in [3.8, 4) is 5.88 Å². The van der Waals surface area contributed by atoms with E-state index in [1.54, 1.807) is 14.0 Å². The molecule has 2 heterocycles. The van der Waals surface area contributed by atoms with Gasteiger partial charge in [-0.15, -0.1) is 0 Å². The van der Waals surface area contributed by atoms with E-state index in [1.807, 2.05) is 6.07 Å². The highest BCUT2D eigenvalue weighted by molar-refractivity contribution is 5.96. The topological polar surface area (TPSA) is 42.4 Å². The molecule has 0 radical (unpaired) electrons. The fraction of sp³-hybridized carbons (Fsp3) is 0.500. The summed E-state index contributed by atoms with van der Waals surface area (Å²) in [4.78, 5) is 18.1. The minimum atomic E-state index is 0.000349. The van der Waals surface area contributed by atoms with E-state index in [-0.39, 0.29) is 5.78 Å². The lowest BCUT2D eigenvalue weighted by Crippen LogP contribution is -2.27. The maximum atomic E-state index is 11.5. The van der Waals surface area contributed by atoms with Gasteiger partial charge in [0.25, 0.3) is 0 Å². The fourth-order valence-corrected chi connectivity index (χ4v) is 2.00. The van der Waals surface area contributed by atoms with Gasteiger partial charge in [0.1, 0.15) is 0 Å². The van der Waals surface area contributed by atoms with Crippen LogP contribution in [0.2, 0.25) is 0 Å². The zero-order valence-corrected chi connectivity index (χ0v) is 9.91. The number of ketones is 1. The summed E-state index contributed by atoms with van der Waals surface area (Å²) < 4.78 is 5.15. The van der Waals surface area contributed by atoms with Crippen molar-refractivity contribution in [2.75, 3.05) is 20.7 Å². The number of carbonyl (C=O) groups excluding carboxylic acids is 1. The number of hydrogen-bond donors (Lipinski definition) is 0. The van der Waals surface area contributed by atoms with E-state index in [9.17, 15) is 4.79 Å². The first-order valence-corrected chi connectivity index (χ1v) is 5.38. The van der Waals surface area contributed by atoms with Gasteiger partial charge in [0.05, 0.1) is 18.4 Å². The molecule has 0 bridgehead atoms. The van der Waals surface area contributed by atoms with Crippen LogP contribution in [0.15, 0.2) is 6.07 Å². The molecule has 1 aliphatic heterocycles. The SMILES string of the molecule is COc1nc2c(cc1C(C)=O)CN(C)CC2. The average Bonchev–Trinajstić information content (AvgIpc) is 2.27. The van der Waals surface area contributed by atoms with Gasteiger partial charge in [-0.1, -0.05) is 0 Å². The quantitative estimate of drug-likeness (QED) is 0.704. The van der Waals surface area contributed by atoms with Crippen molar-refractivity contribution in [2.45, 2.75) is 19.9 Å². The van der Waals surface area contributed by atoms with Gasteiger partial charge in [-0.05, 0) is 25.6 Å². The molecule has 0 aromatic carbocycles. The highest BCUT2D eigenvalue weighted by Gasteiger charge is 2.19. The second-order valence-electron chi connectivity index (χ2n) is 4.19. The Morgan fingerprint density at radius 1 is 1.56 bits per heavy atom. The summed E-state index contributed by atoms with van der Waals surface area (Å²) in [6.45, 7) is 3.40. The molecule has 0 atom stereocenters. The Bertz CT molecular complexity index is 429. The van der Waals surface area contributed by atoms with E-state index in [2.05, 4.69) is 16.9 Å². The van der Waals surface area contributed by atoms with Crippen LogP contribution in [0.5, 0.6) is 5.88 Å². The van der Waals surface area contributed by atoms with Crippen LogP contribution in [0.25, 0.3) is 0 Å². The molecule has 0 N–H and O–H groups in total. The van der Waals surface area contributed by atoms with Crippen molar-refractivity contribution in [1.29, 1.82) is 0 Å². The van der Waals surface area contributed by atoms with Crippen molar-refractivity contribution in [1.82, 2.24) is 9.88 Å². The van der Waals surface area contributed by atoms with Gasteiger partial charge in [0.15, 0.2) is 5.78 Å². The molecule has 4 nitrogen and oxygen atoms in total. The summed E-state index contributed by atoms with van der Waals surface area (Å²) in [6, 6.07) is 1.92. The van der Waals surface area contributed by atoms with Crippen LogP contribution in [0, 0.1) is 0 Å². The first-order chi connectivity index (χ1) is 7.61. The van der Waals surface area contributed by atoms with Crippen molar-refractivity contribution in [3.05, 3.63) is 22.9 Å². The summed E-state index contributed by atoms with van der Waals surface area (Å²) in [5.41, 5.74) is 2.77. The monoisotopic (exact) mass is 220 g/mol. The third-order valence-corrected chi connectivity index (χ3v) is 2.90. The van der Waals surface area contributed by atoms with Gasteiger partial charge in [0.2, 0.25) is 5.88 Å². The molecule has 0 aliphatic carbocycles. The van der Waals surface area contributed by atoms with E-state index in [0.29, 0.717) is 11.4 Å². The highest BCUT2D eigenvalue weighted by Crippen LogP contribution is 2.24. The molecule has 0 saturated carbocycles. The number of nitrogens with zero attached hydrogens (tertiary/aromatic N) is 2. The summed E-state index contributed by atoms with van der Waals surface area (Å²) in [7, 11) is 3.62. The van der Waals surface area contributed by atoms with Crippen LogP contribution >= 0.6 is 0 Å². The Labute approximate surface area is 95.2 Å². The summed E-state index contributed by atoms with van der Waals surface area (Å²) in [6.07, 6.45) is 0.917. The predicted octanol–water partition coefficient (Wildman–Crippen LogP) is 1.28. The summed E-state index contributed by atoms with van der Waals surface area (Å²) >= 11 is 0. The maximum Gasteiger partial charge on any atom is 0.224 e. The molecule has 4 heteroatoms. The van der Waals surface area contributed by atoms with Crippen LogP contribution in [0.1, 0.15) is 28.5 Å². The summed E-state index contributed by atoms with van der Waals surface area (Å²) in [5, 5.41) is 0. The standard InChI is InChI=1S/C12H16N2O2/c1-8(15)10-6-9-7-14(2)5-4-11(9)13-12(10)16-3/h6H,4-5,7H2,1-3H3. The smallest absolute Gasteiger partial charge is 0.224 e. The van der Waals surface area contributed by atoms with Crippen LogP contribution in [0.3, 0.4) is 0 Å². The molecule has 2 rings (SSSR count). The highest BCUT2D eigenvalue weighted by atomic mass is 16.5. The van der Waals surface area contributed by atoms with Crippen molar-refractivity contribution < 1.29 is 9.53 Å². The summed E-state index contributed by atoms with van der Waals surface area (Å²) in [5.74, 6) is 0.455. The number of likely N-dealkylation sites (N-methyl/N-ethyl adjacent to an activating group) is 1. The van der Waals surface area contributed by atoms with E-state index >= 15 is 0 Å². The number of ether oxygens (including phenoxy) is 1. The third-order valence-electron chi connectivity index (χ3n) is 2.90. The Hall–Kier alpha value is -1.42. The maximum absolute atomic E-state index is 11.5. The van der Waals surface area contributed by atoms with Gasteiger partial charge < -0.3 is 9.64 Å². The van der Waals surface area contributed by atoms with Gasteiger partial charge in [0, 0.05) is 19.5 Å². The van der Waals surface area contributed by atoms with Gasteiger partial charge >= 0.3 is 0 Å². The first kappa shape index (κ1) is 11.1. The molecule has 0 amide bonds. The van der Waals surface area contributed by atoms with Crippen LogP contribution in [-0.2, 0) is 13.0 Å².